The number of likely N-dealkylation sites (tertiary alicyclic amines) is 1. The highest BCUT2D eigenvalue weighted by atomic mass is 35.5. The molecule has 0 aliphatic carbocycles. The van der Waals surface area contributed by atoms with E-state index in [1.807, 2.05) is 51.2 Å². The van der Waals surface area contributed by atoms with Crippen LogP contribution in [0.1, 0.15) is 35.4 Å². The number of amides is 1. The van der Waals surface area contributed by atoms with Gasteiger partial charge in [0.05, 0.1) is 18.2 Å². The van der Waals surface area contributed by atoms with Crippen molar-refractivity contribution in [2.75, 3.05) is 6.54 Å². The molecule has 1 aromatic carbocycles. The number of thiazole rings is 1. The molecule has 0 unspecified atom stereocenters. The van der Waals surface area contributed by atoms with Gasteiger partial charge < -0.3 is 9.64 Å². The standard InChI is InChI=1S/C22H20ClN5O2S/c23-15-6-8-17(9-7-15)30-13-20-24-16(14-31-20)12-21(29)27-11-3-4-18(27)22-26-25-19-5-1-2-10-28(19)22/h1-2,5-10,14,18H,3-4,11-13H2/t18-/m0/s1. The molecule has 1 atom stereocenters. The minimum absolute atomic E-state index is 0.0590. The van der Waals surface area contributed by atoms with Gasteiger partial charge in [-0.3, -0.25) is 9.20 Å². The van der Waals surface area contributed by atoms with Crippen LogP contribution in [-0.2, 0) is 17.8 Å². The molecule has 31 heavy (non-hydrogen) atoms. The molecule has 0 saturated carbocycles. The average molecular weight is 454 g/mol. The predicted molar refractivity (Wildman–Crippen MR) is 118 cm³/mol. The van der Waals surface area contributed by atoms with Crippen LogP contribution in [-0.4, -0.2) is 36.9 Å². The molecule has 0 bridgehead atoms. The van der Waals surface area contributed by atoms with Gasteiger partial charge in [0.25, 0.3) is 0 Å². The fraction of sp³-hybridized carbons (Fsp3) is 0.273. The van der Waals surface area contributed by atoms with Crippen LogP contribution in [0, 0.1) is 0 Å². The van der Waals surface area contributed by atoms with Crippen molar-refractivity contribution >= 4 is 34.5 Å². The van der Waals surface area contributed by atoms with Crippen molar-refractivity contribution in [3.8, 4) is 5.75 Å². The number of hydrogen-bond acceptors (Lipinski definition) is 6. The van der Waals surface area contributed by atoms with E-state index in [4.69, 9.17) is 16.3 Å². The summed E-state index contributed by atoms with van der Waals surface area (Å²) in [6, 6.07) is 13.0. The fourth-order valence-electron chi connectivity index (χ4n) is 3.85. The summed E-state index contributed by atoms with van der Waals surface area (Å²) in [6.07, 6.45) is 4.05. The van der Waals surface area contributed by atoms with Gasteiger partial charge in [-0.2, -0.15) is 0 Å². The summed E-state index contributed by atoms with van der Waals surface area (Å²) >= 11 is 7.39. The second-order valence-corrected chi connectivity index (χ2v) is 8.76. The lowest BCUT2D eigenvalue weighted by Crippen LogP contribution is -2.32. The van der Waals surface area contributed by atoms with E-state index in [0.717, 1.165) is 47.3 Å². The van der Waals surface area contributed by atoms with Crippen molar-refractivity contribution in [2.24, 2.45) is 0 Å². The van der Waals surface area contributed by atoms with Gasteiger partial charge in [0.2, 0.25) is 5.91 Å². The Bertz CT molecular complexity index is 1210. The number of nitrogens with zero attached hydrogens (tertiary/aromatic N) is 5. The molecule has 3 aromatic heterocycles. The SMILES string of the molecule is O=C(Cc1csc(COc2ccc(Cl)cc2)n1)N1CCC[C@H]1c1nnc2ccccn12. The fourth-order valence-corrected chi connectivity index (χ4v) is 4.68. The Labute approximate surface area is 188 Å². The zero-order chi connectivity index (χ0) is 21.2. The molecular weight excluding hydrogens is 434 g/mol. The van der Waals surface area contributed by atoms with Crippen molar-refractivity contribution in [2.45, 2.75) is 31.9 Å². The third-order valence-electron chi connectivity index (χ3n) is 5.32. The van der Waals surface area contributed by atoms with Gasteiger partial charge in [-0.1, -0.05) is 17.7 Å². The maximum absolute atomic E-state index is 13.1. The maximum atomic E-state index is 13.1. The summed E-state index contributed by atoms with van der Waals surface area (Å²) in [5.41, 5.74) is 1.56. The van der Waals surface area contributed by atoms with E-state index in [-0.39, 0.29) is 18.4 Å². The smallest absolute Gasteiger partial charge is 0.229 e. The Hall–Kier alpha value is -2.97. The zero-order valence-corrected chi connectivity index (χ0v) is 18.2. The van der Waals surface area contributed by atoms with Gasteiger partial charge in [0, 0.05) is 23.1 Å². The summed E-state index contributed by atoms with van der Waals surface area (Å²) in [5.74, 6) is 1.61. The topological polar surface area (TPSA) is 72.6 Å². The van der Waals surface area contributed by atoms with Crippen LogP contribution in [0.4, 0.5) is 0 Å². The van der Waals surface area contributed by atoms with Gasteiger partial charge in [0.1, 0.15) is 17.4 Å². The Morgan fingerprint density at radius 1 is 1.19 bits per heavy atom. The summed E-state index contributed by atoms with van der Waals surface area (Å²) < 4.78 is 7.71. The molecular formula is C22H20ClN5O2S. The molecule has 158 valence electrons. The normalized spacial score (nSPS) is 16.2. The van der Waals surface area contributed by atoms with Crippen molar-refractivity contribution in [3.05, 3.63) is 75.6 Å². The summed E-state index contributed by atoms with van der Waals surface area (Å²) in [5, 5.41) is 12.0. The second-order valence-electron chi connectivity index (χ2n) is 7.38. The number of benzene rings is 1. The van der Waals surface area contributed by atoms with Gasteiger partial charge in [-0.15, -0.1) is 21.5 Å². The Kier molecular flexibility index (Phi) is 5.57. The van der Waals surface area contributed by atoms with Gasteiger partial charge >= 0.3 is 0 Å². The predicted octanol–water partition coefficient (Wildman–Crippen LogP) is 4.32. The van der Waals surface area contributed by atoms with Crippen LogP contribution in [0.2, 0.25) is 5.02 Å². The molecule has 1 fully saturated rings. The number of hydrogen-bond donors (Lipinski definition) is 0. The van der Waals surface area contributed by atoms with Crippen molar-refractivity contribution in [1.29, 1.82) is 0 Å². The van der Waals surface area contributed by atoms with Crippen LogP contribution in [0.3, 0.4) is 0 Å². The Morgan fingerprint density at radius 3 is 2.94 bits per heavy atom. The van der Waals surface area contributed by atoms with Gasteiger partial charge in [0.15, 0.2) is 11.5 Å². The molecule has 0 N–H and O–H groups in total. The van der Waals surface area contributed by atoms with Crippen LogP contribution in [0.25, 0.3) is 5.65 Å². The minimum Gasteiger partial charge on any atom is -0.486 e. The summed E-state index contributed by atoms with van der Waals surface area (Å²) in [4.78, 5) is 19.6. The first-order valence-corrected chi connectivity index (χ1v) is 11.3. The van der Waals surface area contributed by atoms with Crippen LogP contribution < -0.4 is 4.74 Å². The molecule has 1 saturated heterocycles. The molecule has 1 amide bonds. The van der Waals surface area contributed by atoms with Crippen molar-refractivity contribution < 1.29 is 9.53 Å². The van der Waals surface area contributed by atoms with Crippen LogP contribution in [0.15, 0.2) is 54.0 Å². The largest absolute Gasteiger partial charge is 0.486 e. The highest BCUT2D eigenvalue weighted by Gasteiger charge is 2.33. The lowest BCUT2D eigenvalue weighted by Gasteiger charge is -2.23. The number of pyridine rings is 1. The number of carbonyl (C=O) groups is 1. The van der Waals surface area contributed by atoms with E-state index in [2.05, 4.69) is 15.2 Å². The molecule has 1 aliphatic heterocycles. The Morgan fingerprint density at radius 2 is 2.06 bits per heavy atom. The molecule has 1 aliphatic rings. The quantitative estimate of drug-likeness (QED) is 0.434. The number of halogens is 1. The molecule has 9 heteroatoms. The van der Waals surface area contributed by atoms with E-state index in [9.17, 15) is 4.79 Å². The Balaban J connectivity index is 1.24. The number of fused-ring (bicyclic) bond motifs is 1. The van der Waals surface area contributed by atoms with E-state index >= 15 is 0 Å². The summed E-state index contributed by atoms with van der Waals surface area (Å²) in [6.45, 7) is 1.08. The molecule has 5 rings (SSSR count). The first kappa shape index (κ1) is 20.0. The number of carbonyl (C=O) groups excluding carboxylic acids is 1. The van der Waals surface area contributed by atoms with E-state index in [1.165, 1.54) is 11.3 Å². The number of rotatable bonds is 6. The molecule has 4 heterocycles. The molecule has 4 aromatic rings. The van der Waals surface area contributed by atoms with Gasteiger partial charge in [-0.25, -0.2) is 4.98 Å². The van der Waals surface area contributed by atoms with Crippen molar-refractivity contribution in [1.82, 2.24) is 24.5 Å². The number of ether oxygens (including phenoxy) is 1. The first-order chi connectivity index (χ1) is 15.2. The third kappa shape index (κ3) is 4.26. The average Bonchev–Trinajstić information content (AvgIpc) is 3.52. The summed E-state index contributed by atoms with van der Waals surface area (Å²) in [7, 11) is 0. The van der Waals surface area contributed by atoms with E-state index in [1.54, 1.807) is 12.1 Å². The number of aromatic nitrogens is 4. The van der Waals surface area contributed by atoms with E-state index < -0.39 is 0 Å². The monoisotopic (exact) mass is 453 g/mol. The second kappa shape index (κ2) is 8.64. The molecule has 0 spiro atoms. The van der Waals surface area contributed by atoms with Gasteiger partial charge in [-0.05, 0) is 49.2 Å². The van der Waals surface area contributed by atoms with Crippen molar-refractivity contribution in [3.63, 3.8) is 0 Å². The lowest BCUT2D eigenvalue weighted by molar-refractivity contribution is -0.131. The molecule has 7 nitrogen and oxygen atoms in total. The first-order valence-electron chi connectivity index (χ1n) is 10.1. The van der Waals surface area contributed by atoms with E-state index in [0.29, 0.717) is 11.6 Å². The van der Waals surface area contributed by atoms with Crippen LogP contribution >= 0.6 is 22.9 Å². The molecule has 0 radical (unpaired) electrons. The highest BCUT2D eigenvalue weighted by Crippen LogP contribution is 2.31. The third-order valence-corrected chi connectivity index (χ3v) is 6.44. The maximum Gasteiger partial charge on any atom is 0.229 e. The zero-order valence-electron chi connectivity index (χ0n) is 16.6. The highest BCUT2D eigenvalue weighted by molar-refractivity contribution is 7.09. The minimum atomic E-state index is -0.0590. The lowest BCUT2D eigenvalue weighted by atomic mass is 10.2. The van der Waals surface area contributed by atoms with Crippen LogP contribution in [0.5, 0.6) is 5.75 Å².